The maximum Gasteiger partial charge on any atom is 0.408 e. The van der Waals surface area contributed by atoms with Crippen LogP contribution in [-0.2, 0) is 18.2 Å². The summed E-state index contributed by atoms with van der Waals surface area (Å²) in [6.45, 7) is 10.2. The van der Waals surface area contributed by atoms with Crippen molar-refractivity contribution in [3.8, 4) is 0 Å². The lowest BCUT2D eigenvalue weighted by Crippen LogP contribution is -2.45. The van der Waals surface area contributed by atoms with E-state index in [1.165, 1.54) is 17.5 Å². The number of carbonyl (C=O) groups excluding carboxylic acids is 1. The minimum absolute atomic E-state index is 0.291. The van der Waals surface area contributed by atoms with E-state index >= 15 is 0 Å². The summed E-state index contributed by atoms with van der Waals surface area (Å²) in [5.74, 6) is 1.60. The van der Waals surface area contributed by atoms with Crippen LogP contribution in [0.25, 0.3) is 0 Å². The highest BCUT2D eigenvalue weighted by atomic mass is 35.5. The quantitative estimate of drug-likeness (QED) is 0.297. The number of thiazole rings is 1. The monoisotopic (exact) mass is 674 g/mol. The van der Waals surface area contributed by atoms with Gasteiger partial charge in [-0.2, -0.15) is 7.82 Å². The number of halogens is 1. The first kappa shape index (κ1) is 35.0. The van der Waals surface area contributed by atoms with Crippen LogP contribution in [0, 0.1) is 13.8 Å². The molecule has 15 nitrogen and oxygen atoms in total. The summed E-state index contributed by atoms with van der Waals surface area (Å²) < 4.78 is 34.4. The molecule has 43 heavy (non-hydrogen) atoms. The molecule has 0 bridgehead atoms. The Kier molecular flexibility index (Phi) is 12.6. The summed E-state index contributed by atoms with van der Waals surface area (Å²) >= 11 is 7.45. The van der Waals surface area contributed by atoms with Gasteiger partial charge in [-0.1, -0.05) is 35.1 Å². The van der Waals surface area contributed by atoms with Gasteiger partial charge in [0.2, 0.25) is 0 Å². The number of phosphoric acid groups is 1. The lowest BCUT2D eigenvalue weighted by molar-refractivity contribution is -0.432. The zero-order valence-corrected chi connectivity index (χ0v) is 27.2. The van der Waals surface area contributed by atoms with E-state index in [9.17, 15) is 9.36 Å². The molecule has 236 valence electrons. The van der Waals surface area contributed by atoms with Gasteiger partial charge in [-0.15, -0.1) is 0 Å². The maximum atomic E-state index is 13.1. The summed E-state index contributed by atoms with van der Waals surface area (Å²) in [7, 11) is -8.69. The second-order valence-electron chi connectivity index (χ2n) is 8.89. The summed E-state index contributed by atoms with van der Waals surface area (Å²) in [6.07, 6.45) is 1.51. The van der Waals surface area contributed by atoms with Crippen molar-refractivity contribution in [2.45, 2.75) is 27.7 Å². The van der Waals surface area contributed by atoms with Crippen LogP contribution in [0.15, 0.2) is 30.5 Å². The van der Waals surface area contributed by atoms with Gasteiger partial charge in [0.1, 0.15) is 22.3 Å². The Morgan fingerprint density at radius 1 is 1.07 bits per heavy atom. The SMILES string of the molecule is CCOP(=O)(OCC)N1CCN(c2cc(Nc3ncc(C(=O)Nc4c(C)cccc4Cl)s3)nc(C)n2)CC1.O=P([O-])([O-])[O-]. The van der Waals surface area contributed by atoms with Crippen LogP contribution in [0.2, 0.25) is 5.02 Å². The average molecular weight is 675 g/mol. The number of carbonyl (C=O) groups is 1. The van der Waals surface area contributed by atoms with Gasteiger partial charge in [0.15, 0.2) is 5.13 Å². The Labute approximate surface area is 258 Å². The lowest BCUT2D eigenvalue weighted by atomic mass is 10.2. The van der Waals surface area contributed by atoms with Crippen molar-refractivity contribution in [2.75, 3.05) is 54.9 Å². The Morgan fingerprint density at radius 2 is 1.70 bits per heavy atom. The minimum Gasteiger partial charge on any atom is -0.822 e. The van der Waals surface area contributed by atoms with Crippen LogP contribution < -0.4 is 30.2 Å². The van der Waals surface area contributed by atoms with E-state index in [1.54, 1.807) is 24.6 Å². The average Bonchev–Trinajstić information content (AvgIpc) is 3.38. The summed E-state index contributed by atoms with van der Waals surface area (Å²) in [5, 5.41) is 7.04. The van der Waals surface area contributed by atoms with E-state index < -0.39 is 15.6 Å². The smallest absolute Gasteiger partial charge is 0.408 e. The number of amides is 1. The zero-order valence-electron chi connectivity index (χ0n) is 23.8. The van der Waals surface area contributed by atoms with Crippen molar-refractivity contribution in [1.82, 2.24) is 19.6 Å². The molecule has 19 heteroatoms. The number of rotatable bonds is 10. The molecule has 0 radical (unpaired) electrons. The molecule has 1 amide bonds. The molecule has 0 spiro atoms. The fourth-order valence-electron chi connectivity index (χ4n) is 3.99. The van der Waals surface area contributed by atoms with Crippen LogP contribution >= 0.6 is 38.5 Å². The highest BCUT2D eigenvalue weighted by Gasteiger charge is 2.35. The number of piperazine rings is 1. The largest absolute Gasteiger partial charge is 0.822 e. The third-order valence-corrected chi connectivity index (χ3v) is 9.25. The summed E-state index contributed by atoms with van der Waals surface area (Å²) in [6, 6.07) is 7.28. The molecule has 1 aliphatic heterocycles. The molecule has 2 aromatic heterocycles. The second kappa shape index (κ2) is 15.5. The number of aromatic nitrogens is 3. The summed E-state index contributed by atoms with van der Waals surface area (Å²) in [4.78, 5) is 54.4. The molecule has 0 unspecified atom stereocenters. The Morgan fingerprint density at radius 3 is 2.28 bits per heavy atom. The molecule has 4 rings (SSSR count). The van der Waals surface area contributed by atoms with E-state index in [1.807, 2.05) is 32.0 Å². The van der Waals surface area contributed by atoms with Crippen molar-refractivity contribution in [1.29, 1.82) is 0 Å². The molecule has 3 aromatic rings. The van der Waals surface area contributed by atoms with Crippen molar-refractivity contribution in [2.24, 2.45) is 0 Å². The van der Waals surface area contributed by atoms with E-state index in [0.717, 1.165) is 11.4 Å². The number of hydrogen-bond acceptors (Lipinski definition) is 14. The predicted molar refractivity (Wildman–Crippen MR) is 159 cm³/mol. The van der Waals surface area contributed by atoms with Crippen molar-refractivity contribution < 1.29 is 37.7 Å². The first-order valence-electron chi connectivity index (χ1n) is 13.0. The molecule has 1 aromatic carbocycles. The molecular formula is C24H31ClN7O8P2S-3. The number of nitrogens with zero attached hydrogens (tertiary/aromatic N) is 5. The number of aryl methyl sites for hydroxylation is 2. The molecule has 0 aliphatic carbocycles. The van der Waals surface area contributed by atoms with Crippen molar-refractivity contribution in [3.63, 3.8) is 0 Å². The van der Waals surface area contributed by atoms with Crippen LogP contribution in [0.5, 0.6) is 0 Å². The van der Waals surface area contributed by atoms with Crippen molar-refractivity contribution in [3.05, 3.63) is 51.7 Å². The number of anilines is 4. The molecule has 1 aliphatic rings. The van der Waals surface area contributed by atoms with E-state index in [4.69, 9.17) is 39.9 Å². The van der Waals surface area contributed by atoms with Crippen LogP contribution in [0.4, 0.5) is 22.5 Å². The lowest BCUT2D eigenvalue weighted by Gasteiger charge is -2.37. The molecular weight excluding hydrogens is 644 g/mol. The fourth-order valence-corrected chi connectivity index (χ4v) is 6.70. The molecule has 0 saturated carbocycles. The van der Waals surface area contributed by atoms with Gasteiger partial charge in [-0.3, -0.25) is 13.8 Å². The Bertz CT molecular complexity index is 1460. The first-order chi connectivity index (χ1) is 20.2. The molecule has 2 N–H and O–H groups in total. The topological polar surface area (TPSA) is 208 Å². The Hall–Kier alpha value is -2.49. The highest BCUT2D eigenvalue weighted by Crippen LogP contribution is 2.52. The number of para-hydroxylation sites is 1. The molecule has 1 fully saturated rings. The van der Waals surface area contributed by atoms with Crippen molar-refractivity contribution >= 4 is 66.9 Å². The number of benzene rings is 1. The minimum atomic E-state index is -5.39. The fraction of sp³-hybridized carbons (Fsp3) is 0.417. The van der Waals surface area contributed by atoms with Gasteiger partial charge in [-0.25, -0.2) is 24.2 Å². The van der Waals surface area contributed by atoms with Gasteiger partial charge in [0.25, 0.3) is 5.91 Å². The maximum absolute atomic E-state index is 13.1. The van der Waals surface area contributed by atoms with Crippen LogP contribution in [0.3, 0.4) is 0 Å². The standard InChI is InChI=1S/C24H31ClN7O4PS.H3O4P/c1-5-35-37(34,36-6-2)32-12-10-31(11-13-32)21-14-20(27-17(4)28-21)29-24-26-15-19(38-24)23(33)30-22-16(3)8-7-9-18(22)25;1-5(2,3)4/h7-9,14-15H,5-6,10-13H2,1-4H3,(H,30,33)(H,26,27,28,29);(H3,1,2,3,4)/p-3. The van der Waals surface area contributed by atoms with Crippen LogP contribution in [0.1, 0.15) is 34.9 Å². The van der Waals surface area contributed by atoms with E-state index in [0.29, 0.717) is 71.8 Å². The van der Waals surface area contributed by atoms with Gasteiger partial charge in [-0.05, 0) is 39.3 Å². The first-order valence-corrected chi connectivity index (χ1v) is 17.1. The van der Waals surface area contributed by atoms with Gasteiger partial charge < -0.3 is 34.8 Å². The van der Waals surface area contributed by atoms with Gasteiger partial charge >= 0.3 is 7.75 Å². The normalized spacial score (nSPS) is 14.2. The number of hydrogen-bond donors (Lipinski definition) is 2. The van der Waals surface area contributed by atoms with E-state index in [-0.39, 0.29) is 5.91 Å². The molecule has 3 heterocycles. The molecule has 1 saturated heterocycles. The van der Waals surface area contributed by atoms with E-state index in [2.05, 4.69) is 30.5 Å². The number of nitrogens with one attached hydrogen (secondary N) is 2. The van der Waals surface area contributed by atoms with Gasteiger partial charge in [0, 0.05) is 32.2 Å². The summed E-state index contributed by atoms with van der Waals surface area (Å²) in [5.41, 5.74) is 1.45. The zero-order chi connectivity index (χ0) is 31.8. The van der Waals surface area contributed by atoms with Gasteiger partial charge in [0.05, 0.1) is 30.1 Å². The third kappa shape index (κ3) is 10.6. The second-order valence-corrected chi connectivity index (χ2v) is 13.2. The highest BCUT2D eigenvalue weighted by molar-refractivity contribution is 7.51. The third-order valence-electron chi connectivity index (χ3n) is 5.76. The van der Waals surface area contributed by atoms with Crippen LogP contribution in [-0.4, -0.2) is 64.9 Å². The Balaban J connectivity index is 0.000000934. The predicted octanol–water partition coefficient (Wildman–Crippen LogP) is 2.68. The molecule has 0 atom stereocenters.